The number of ether oxygens (including phenoxy) is 1. The van der Waals surface area contributed by atoms with Gasteiger partial charge in [0, 0.05) is 0 Å². The molecule has 2 unspecified atom stereocenters. The number of benzene rings is 2. The molecule has 0 heterocycles. The van der Waals surface area contributed by atoms with Crippen LogP contribution in [0.2, 0.25) is 0 Å². The monoisotopic (exact) mass is 283 g/mol. The molecular weight excluding hydrogens is 258 g/mol. The minimum Gasteiger partial charge on any atom is -0.372 e. The van der Waals surface area contributed by atoms with Crippen molar-refractivity contribution in [2.24, 2.45) is 0 Å². The Morgan fingerprint density at radius 2 is 1.57 bits per heavy atom. The molecule has 0 saturated heterocycles. The third kappa shape index (κ3) is 5.00. The van der Waals surface area contributed by atoms with Gasteiger partial charge in [0.05, 0.1) is 18.8 Å². The van der Waals surface area contributed by atoms with Crippen molar-refractivity contribution in [2.75, 3.05) is 6.54 Å². The second-order valence-electron chi connectivity index (χ2n) is 5.34. The van der Waals surface area contributed by atoms with Gasteiger partial charge in [0.2, 0.25) is 0 Å². The molecule has 2 nitrogen and oxygen atoms in total. The highest BCUT2D eigenvalue weighted by Crippen LogP contribution is 2.20. The molecule has 0 fully saturated rings. The van der Waals surface area contributed by atoms with E-state index in [4.69, 9.17) is 4.74 Å². The number of hydrogen-bond acceptors (Lipinski definition) is 2. The molecule has 0 aliphatic heterocycles. The first-order valence-electron chi connectivity index (χ1n) is 7.75. The van der Waals surface area contributed by atoms with E-state index < -0.39 is 0 Å². The number of hydrogen-bond donors (Lipinski definition) is 1. The minimum absolute atomic E-state index is 0.124. The summed E-state index contributed by atoms with van der Waals surface area (Å²) in [6.07, 6.45) is 1.24. The summed E-state index contributed by atoms with van der Waals surface area (Å²) >= 11 is 0. The second kappa shape index (κ2) is 8.60. The molecule has 2 aromatic carbocycles. The average molecular weight is 283 g/mol. The lowest BCUT2D eigenvalue weighted by molar-refractivity contribution is 0.0265. The predicted octanol–water partition coefficient (Wildman–Crippen LogP) is 4.33. The zero-order valence-corrected chi connectivity index (χ0v) is 13.0. The predicted molar refractivity (Wildman–Crippen MR) is 88.2 cm³/mol. The Morgan fingerprint density at radius 1 is 0.952 bits per heavy atom. The van der Waals surface area contributed by atoms with E-state index in [-0.39, 0.29) is 12.1 Å². The highest BCUT2D eigenvalue weighted by molar-refractivity contribution is 5.20. The van der Waals surface area contributed by atoms with Gasteiger partial charge in [-0.05, 0) is 31.0 Å². The van der Waals surface area contributed by atoms with Crippen LogP contribution in [-0.4, -0.2) is 12.6 Å². The van der Waals surface area contributed by atoms with Gasteiger partial charge in [-0.15, -0.1) is 0 Å². The van der Waals surface area contributed by atoms with Crippen molar-refractivity contribution in [1.29, 1.82) is 0 Å². The van der Waals surface area contributed by atoms with Crippen molar-refractivity contribution in [3.63, 3.8) is 0 Å². The van der Waals surface area contributed by atoms with E-state index >= 15 is 0 Å². The molecule has 0 amide bonds. The smallest absolute Gasteiger partial charge is 0.0746 e. The normalized spacial score (nSPS) is 13.8. The van der Waals surface area contributed by atoms with E-state index in [0.717, 1.165) is 13.0 Å². The van der Waals surface area contributed by atoms with Gasteiger partial charge in [-0.1, -0.05) is 67.6 Å². The first kappa shape index (κ1) is 15.7. The molecule has 0 spiro atoms. The zero-order chi connectivity index (χ0) is 14.9. The summed E-state index contributed by atoms with van der Waals surface area (Å²) < 4.78 is 6.08. The number of rotatable bonds is 8. The van der Waals surface area contributed by atoms with Gasteiger partial charge in [-0.2, -0.15) is 0 Å². The van der Waals surface area contributed by atoms with Gasteiger partial charge in [0.1, 0.15) is 0 Å². The van der Waals surface area contributed by atoms with Gasteiger partial charge >= 0.3 is 0 Å². The molecular formula is C19H25NO. The number of nitrogens with one attached hydrogen (secondary N) is 1. The molecule has 2 aromatic rings. The van der Waals surface area contributed by atoms with Crippen LogP contribution in [0, 0.1) is 0 Å². The molecule has 0 aliphatic rings. The Balaban J connectivity index is 1.99. The van der Waals surface area contributed by atoms with Crippen molar-refractivity contribution >= 4 is 0 Å². The second-order valence-corrected chi connectivity index (χ2v) is 5.34. The van der Waals surface area contributed by atoms with E-state index in [9.17, 15) is 0 Å². The van der Waals surface area contributed by atoms with E-state index in [0.29, 0.717) is 6.61 Å². The van der Waals surface area contributed by atoms with Crippen molar-refractivity contribution in [1.82, 2.24) is 5.32 Å². The SMILES string of the molecule is CCCNC(c1ccccc1)C(C)OCc1ccccc1. The highest BCUT2D eigenvalue weighted by atomic mass is 16.5. The van der Waals surface area contributed by atoms with Crippen molar-refractivity contribution in [2.45, 2.75) is 39.0 Å². The Bertz CT molecular complexity index is 497. The summed E-state index contributed by atoms with van der Waals surface area (Å²) in [5, 5.41) is 3.60. The maximum Gasteiger partial charge on any atom is 0.0746 e. The van der Waals surface area contributed by atoms with Crippen molar-refractivity contribution in [3.8, 4) is 0 Å². The van der Waals surface area contributed by atoms with Gasteiger partial charge < -0.3 is 10.1 Å². The van der Waals surface area contributed by atoms with E-state index in [1.807, 2.05) is 18.2 Å². The summed E-state index contributed by atoms with van der Waals surface area (Å²) in [5.41, 5.74) is 2.50. The largest absolute Gasteiger partial charge is 0.372 e. The lowest BCUT2D eigenvalue weighted by Crippen LogP contribution is -2.32. The first-order valence-corrected chi connectivity index (χ1v) is 7.75. The van der Waals surface area contributed by atoms with Gasteiger partial charge in [0.25, 0.3) is 0 Å². The van der Waals surface area contributed by atoms with Crippen LogP contribution in [0.1, 0.15) is 37.4 Å². The van der Waals surface area contributed by atoms with Gasteiger partial charge in [0.15, 0.2) is 0 Å². The maximum atomic E-state index is 6.08. The molecule has 112 valence electrons. The fourth-order valence-electron chi connectivity index (χ4n) is 2.41. The van der Waals surface area contributed by atoms with Crippen LogP contribution in [0.25, 0.3) is 0 Å². The molecule has 0 aromatic heterocycles. The van der Waals surface area contributed by atoms with E-state index in [1.54, 1.807) is 0 Å². The minimum atomic E-state index is 0.124. The molecule has 0 aliphatic carbocycles. The third-order valence-electron chi connectivity index (χ3n) is 3.60. The van der Waals surface area contributed by atoms with Gasteiger partial charge in [-0.3, -0.25) is 0 Å². The maximum absolute atomic E-state index is 6.08. The molecule has 2 heteroatoms. The average Bonchev–Trinajstić information content (AvgIpc) is 2.55. The Hall–Kier alpha value is -1.64. The summed E-state index contributed by atoms with van der Waals surface area (Å²) in [6, 6.07) is 21.1. The fraction of sp³-hybridized carbons (Fsp3) is 0.368. The molecule has 21 heavy (non-hydrogen) atoms. The van der Waals surface area contributed by atoms with Crippen LogP contribution >= 0.6 is 0 Å². The summed E-state index contributed by atoms with van der Waals surface area (Å²) in [6.45, 7) is 5.98. The molecule has 1 N–H and O–H groups in total. The fourth-order valence-corrected chi connectivity index (χ4v) is 2.41. The van der Waals surface area contributed by atoms with Gasteiger partial charge in [-0.25, -0.2) is 0 Å². The molecule has 0 bridgehead atoms. The van der Waals surface area contributed by atoms with Crippen LogP contribution in [0.4, 0.5) is 0 Å². The highest BCUT2D eigenvalue weighted by Gasteiger charge is 2.18. The first-order chi connectivity index (χ1) is 10.3. The summed E-state index contributed by atoms with van der Waals surface area (Å²) in [7, 11) is 0. The Morgan fingerprint density at radius 3 is 2.19 bits per heavy atom. The van der Waals surface area contributed by atoms with Crippen LogP contribution in [0.5, 0.6) is 0 Å². The molecule has 2 rings (SSSR count). The lowest BCUT2D eigenvalue weighted by atomic mass is 10.0. The Kier molecular flexibility index (Phi) is 6.45. The van der Waals surface area contributed by atoms with Crippen LogP contribution < -0.4 is 5.32 Å². The summed E-state index contributed by atoms with van der Waals surface area (Å²) in [5.74, 6) is 0. The van der Waals surface area contributed by atoms with Crippen LogP contribution in [0.15, 0.2) is 60.7 Å². The third-order valence-corrected chi connectivity index (χ3v) is 3.60. The van der Waals surface area contributed by atoms with Crippen LogP contribution in [-0.2, 0) is 11.3 Å². The molecule has 2 atom stereocenters. The summed E-state index contributed by atoms with van der Waals surface area (Å²) in [4.78, 5) is 0. The Labute approximate surface area is 128 Å². The van der Waals surface area contributed by atoms with E-state index in [2.05, 4.69) is 61.6 Å². The lowest BCUT2D eigenvalue weighted by Gasteiger charge is -2.26. The van der Waals surface area contributed by atoms with Crippen molar-refractivity contribution < 1.29 is 4.74 Å². The molecule has 0 radical (unpaired) electrons. The quantitative estimate of drug-likeness (QED) is 0.778. The van der Waals surface area contributed by atoms with Crippen molar-refractivity contribution in [3.05, 3.63) is 71.8 Å². The molecule has 0 saturated carbocycles. The zero-order valence-electron chi connectivity index (χ0n) is 13.0. The topological polar surface area (TPSA) is 21.3 Å². The van der Waals surface area contributed by atoms with E-state index in [1.165, 1.54) is 11.1 Å². The van der Waals surface area contributed by atoms with Crippen LogP contribution in [0.3, 0.4) is 0 Å². The standard InChI is InChI=1S/C19H25NO/c1-3-14-20-19(18-12-8-5-9-13-18)16(2)21-15-17-10-6-4-7-11-17/h4-13,16,19-20H,3,14-15H2,1-2H3.